The minimum absolute atomic E-state index is 0.196. The zero-order chi connectivity index (χ0) is 14.8. The molecule has 0 heterocycles. The first-order valence-corrected chi connectivity index (χ1v) is 6.86. The van der Waals surface area contributed by atoms with Gasteiger partial charge in [0.05, 0.1) is 6.04 Å². The van der Waals surface area contributed by atoms with Crippen LogP contribution in [0.25, 0.3) is 0 Å². The Morgan fingerprint density at radius 2 is 1.90 bits per heavy atom. The van der Waals surface area contributed by atoms with Crippen LogP contribution >= 0.6 is 0 Å². The number of ether oxygens (including phenoxy) is 1. The van der Waals surface area contributed by atoms with E-state index in [-0.39, 0.29) is 6.04 Å². The molecule has 1 aromatic carbocycles. The van der Waals surface area contributed by atoms with E-state index in [4.69, 9.17) is 4.74 Å². The van der Waals surface area contributed by atoms with Crippen molar-refractivity contribution < 1.29 is 14.3 Å². The molecule has 0 spiro atoms. The summed E-state index contributed by atoms with van der Waals surface area (Å²) in [6, 6.07) is 9.31. The molecule has 1 aromatic rings. The Balaban J connectivity index is 2.29. The molecule has 1 rings (SSSR count). The molecule has 0 unspecified atom stereocenters. The Morgan fingerprint density at radius 3 is 2.55 bits per heavy atom. The van der Waals surface area contributed by atoms with Crippen molar-refractivity contribution in [3.8, 4) is 0 Å². The molecule has 5 heteroatoms. The average molecular weight is 278 g/mol. The molecule has 0 aliphatic heterocycles. The highest BCUT2D eigenvalue weighted by atomic mass is 16.5. The molecule has 0 aromatic heterocycles. The molecule has 110 valence electrons. The Bertz CT molecular complexity index is 420. The van der Waals surface area contributed by atoms with Crippen molar-refractivity contribution >= 4 is 11.8 Å². The second-order valence-corrected chi connectivity index (χ2v) is 4.41. The summed E-state index contributed by atoms with van der Waals surface area (Å²) in [6.07, 6.45) is 0.696. The molecular formula is C15H22N2O3. The predicted molar refractivity (Wildman–Crippen MR) is 77.1 cm³/mol. The zero-order valence-electron chi connectivity index (χ0n) is 12.0. The van der Waals surface area contributed by atoms with Crippen molar-refractivity contribution in [3.05, 3.63) is 35.9 Å². The zero-order valence-corrected chi connectivity index (χ0v) is 12.0. The van der Waals surface area contributed by atoms with Crippen molar-refractivity contribution in [3.63, 3.8) is 0 Å². The van der Waals surface area contributed by atoms with Gasteiger partial charge in [0.2, 0.25) is 0 Å². The number of nitrogens with one attached hydrogen (secondary N) is 2. The Labute approximate surface area is 119 Å². The number of carbonyl (C=O) groups excluding carboxylic acids is 2. The topological polar surface area (TPSA) is 67.4 Å². The van der Waals surface area contributed by atoms with Crippen LogP contribution in [0.5, 0.6) is 0 Å². The van der Waals surface area contributed by atoms with Crippen LogP contribution in [-0.2, 0) is 14.3 Å². The molecule has 0 fully saturated rings. The van der Waals surface area contributed by atoms with Crippen LogP contribution < -0.4 is 10.6 Å². The maximum atomic E-state index is 11.7. The predicted octanol–water partition coefficient (Wildman–Crippen LogP) is 1.41. The third-order valence-electron chi connectivity index (χ3n) is 2.81. The summed E-state index contributed by atoms with van der Waals surface area (Å²) in [6.45, 7) is 5.43. The highest BCUT2D eigenvalue weighted by Crippen LogP contribution is 2.10. The molecule has 0 aliphatic rings. The van der Waals surface area contributed by atoms with Crippen LogP contribution in [0.3, 0.4) is 0 Å². The van der Waals surface area contributed by atoms with Gasteiger partial charge in [-0.05, 0) is 25.8 Å². The minimum atomic E-state index is -0.613. The fraction of sp³-hybridized carbons (Fsp3) is 0.467. The normalized spacial score (nSPS) is 11.7. The first-order valence-electron chi connectivity index (χ1n) is 6.86. The molecule has 20 heavy (non-hydrogen) atoms. The van der Waals surface area contributed by atoms with Crippen LogP contribution in [0.15, 0.2) is 30.3 Å². The Morgan fingerprint density at radius 1 is 1.20 bits per heavy atom. The summed E-state index contributed by atoms with van der Waals surface area (Å²) in [5.41, 5.74) is 0.963. The highest BCUT2D eigenvalue weighted by molar-refractivity contribution is 6.35. The van der Waals surface area contributed by atoms with Gasteiger partial charge in [0.1, 0.15) is 0 Å². The summed E-state index contributed by atoms with van der Waals surface area (Å²) in [5.74, 6) is -1.22. The van der Waals surface area contributed by atoms with E-state index in [1.165, 1.54) is 0 Å². The maximum Gasteiger partial charge on any atom is 0.309 e. The summed E-state index contributed by atoms with van der Waals surface area (Å²) in [4.78, 5) is 23.3. The van der Waals surface area contributed by atoms with Crippen LogP contribution in [0, 0.1) is 0 Å². The van der Waals surface area contributed by atoms with E-state index >= 15 is 0 Å². The third kappa shape index (κ3) is 5.84. The molecule has 0 saturated carbocycles. The van der Waals surface area contributed by atoms with Gasteiger partial charge in [-0.1, -0.05) is 30.3 Å². The summed E-state index contributed by atoms with van der Waals surface area (Å²) < 4.78 is 5.15. The SMILES string of the molecule is CCOCCCNC(=O)C(=O)N[C@H](C)c1ccccc1. The van der Waals surface area contributed by atoms with Gasteiger partial charge < -0.3 is 15.4 Å². The first kappa shape index (κ1) is 16.2. The molecule has 0 aliphatic carbocycles. The largest absolute Gasteiger partial charge is 0.382 e. The standard InChI is InChI=1S/C15H22N2O3/c1-3-20-11-7-10-16-14(18)15(19)17-12(2)13-8-5-4-6-9-13/h4-6,8-9,12H,3,7,10-11H2,1-2H3,(H,16,18)(H,17,19)/t12-/m1/s1. The molecule has 2 amide bonds. The van der Waals surface area contributed by atoms with Crippen molar-refractivity contribution in [2.45, 2.75) is 26.3 Å². The molecule has 0 radical (unpaired) electrons. The van der Waals surface area contributed by atoms with Gasteiger partial charge in [-0.25, -0.2) is 0 Å². The van der Waals surface area contributed by atoms with Crippen LogP contribution in [0.1, 0.15) is 31.9 Å². The van der Waals surface area contributed by atoms with Crippen LogP contribution in [0.4, 0.5) is 0 Å². The molecule has 2 N–H and O–H groups in total. The van der Waals surface area contributed by atoms with Crippen molar-refractivity contribution in [1.82, 2.24) is 10.6 Å². The van der Waals surface area contributed by atoms with Gasteiger partial charge in [0, 0.05) is 19.8 Å². The van der Waals surface area contributed by atoms with E-state index in [9.17, 15) is 9.59 Å². The number of amides is 2. The maximum absolute atomic E-state index is 11.7. The number of hydrogen-bond acceptors (Lipinski definition) is 3. The molecule has 0 bridgehead atoms. The van der Waals surface area contributed by atoms with Gasteiger partial charge in [0.25, 0.3) is 0 Å². The fourth-order valence-electron chi connectivity index (χ4n) is 1.69. The number of carbonyl (C=O) groups is 2. The van der Waals surface area contributed by atoms with Crippen molar-refractivity contribution in [2.75, 3.05) is 19.8 Å². The number of hydrogen-bond donors (Lipinski definition) is 2. The number of benzene rings is 1. The Kier molecular flexibility index (Phi) is 7.35. The third-order valence-corrected chi connectivity index (χ3v) is 2.81. The fourth-order valence-corrected chi connectivity index (χ4v) is 1.69. The molecule has 0 saturated heterocycles. The van der Waals surface area contributed by atoms with Gasteiger partial charge in [-0.3, -0.25) is 9.59 Å². The summed E-state index contributed by atoms with van der Waals surface area (Å²) >= 11 is 0. The van der Waals surface area contributed by atoms with E-state index in [1.807, 2.05) is 44.2 Å². The van der Waals surface area contributed by atoms with Crippen molar-refractivity contribution in [1.29, 1.82) is 0 Å². The van der Waals surface area contributed by atoms with Gasteiger partial charge in [-0.2, -0.15) is 0 Å². The summed E-state index contributed by atoms with van der Waals surface area (Å²) in [7, 11) is 0. The van der Waals surface area contributed by atoms with E-state index in [0.717, 1.165) is 5.56 Å². The van der Waals surface area contributed by atoms with E-state index in [1.54, 1.807) is 0 Å². The van der Waals surface area contributed by atoms with Crippen molar-refractivity contribution in [2.24, 2.45) is 0 Å². The monoisotopic (exact) mass is 278 g/mol. The molecular weight excluding hydrogens is 256 g/mol. The highest BCUT2D eigenvalue weighted by Gasteiger charge is 2.16. The lowest BCUT2D eigenvalue weighted by atomic mass is 10.1. The lowest BCUT2D eigenvalue weighted by Gasteiger charge is -2.14. The van der Waals surface area contributed by atoms with Crippen LogP contribution in [-0.4, -0.2) is 31.6 Å². The number of rotatable bonds is 7. The second kappa shape index (κ2) is 9.09. The second-order valence-electron chi connectivity index (χ2n) is 4.41. The van der Waals surface area contributed by atoms with Gasteiger partial charge in [0.15, 0.2) is 0 Å². The first-order chi connectivity index (χ1) is 9.65. The summed E-state index contributed by atoms with van der Waals surface area (Å²) in [5, 5.41) is 5.23. The molecule has 1 atom stereocenters. The minimum Gasteiger partial charge on any atom is -0.382 e. The smallest absolute Gasteiger partial charge is 0.309 e. The lowest BCUT2D eigenvalue weighted by Crippen LogP contribution is -2.41. The average Bonchev–Trinajstić information content (AvgIpc) is 2.47. The Hall–Kier alpha value is -1.88. The van der Waals surface area contributed by atoms with E-state index < -0.39 is 11.8 Å². The van der Waals surface area contributed by atoms with E-state index in [0.29, 0.717) is 26.2 Å². The molecule has 5 nitrogen and oxygen atoms in total. The lowest BCUT2D eigenvalue weighted by molar-refractivity contribution is -0.139. The van der Waals surface area contributed by atoms with Crippen LogP contribution in [0.2, 0.25) is 0 Å². The quantitative estimate of drug-likeness (QED) is 0.585. The van der Waals surface area contributed by atoms with Gasteiger partial charge >= 0.3 is 11.8 Å². The van der Waals surface area contributed by atoms with Gasteiger partial charge in [-0.15, -0.1) is 0 Å². The van der Waals surface area contributed by atoms with E-state index in [2.05, 4.69) is 10.6 Å².